The molecular formula is C53H96NO8P. The number of nitrogens with zero attached hydrogens (tertiary/aromatic N) is 1. The van der Waals surface area contributed by atoms with Crippen LogP contribution in [0.2, 0.25) is 0 Å². The van der Waals surface area contributed by atoms with Gasteiger partial charge in [0.25, 0.3) is 7.82 Å². The zero-order valence-corrected chi connectivity index (χ0v) is 42.2. The molecule has 9 nitrogen and oxygen atoms in total. The van der Waals surface area contributed by atoms with E-state index in [2.05, 4.69) is 74.6 Å². The molecule has 0 N–H and O–H groups in total. The Balaban J connectivity index is 4.30. The molecule has 0 aliphatic heterocycles. The van der Waals surface area contributed by atoms with Crippen LogP contribution in [0.3, 0.4) is 0 Å². The molecule has 1 unspecified atom stereocenters. The molecular weight excluding hydrogens is 810 g/mol. The van der Waals surface area contributed by atoms with E-state index in [0.29, 0.717) is 17.4 Å². The van der Waals surface area contributed by atoms with Crippen molar-refractivity contribution in [3.63, 3.8) is 0 Å². The number of hydrogen-bond donors (Lipinski definition) is 0. The maximum absolute atomic E-state index is 12.7. The van der Waals surface area contributed by atoms with Crippen molar-refractivity contribution < 1.29 is 42.1 Å². The van der Waals surface area contributed by atoms with Crippen LogP contribution < -0.4 is 4.89 Å². The third-order valence-electron chi connectivity index (χ3n) is 10.8. The summed E-state index contributed by atoms with van der Waals surface area (Å²) < 4.78 is 34.0. The fraction of sp³-hybridized carbons (Fsp3) is 0.774. The first-order valence-corrected chi connectivity index (χ1v) is 27.0. The topological polar surface area (TPSA) is 111 Å². The fourth-order valence-corrected chi connectivity index (χ4v) is 7.59. The summed E-state index contributed by atoms with van der Waals surface area (Å²) in [5.74, 6) is -0.867. The zero-order valence-electron chi connectivity index (χ0n) is 41.3. The Morgan fingerprint density at radius 3 is 1.35 bits per heavy atom. The monoisotopic (exact) mass is 906 g/mol. The van der Waals surface area contributed by atoms with Crippen molar-refractivity contribution in [3.8, 4) is 0 Å². The molecule has 0 aromatic rings. The Bertz CT molecular complexity index is 1250. The van der Waals surface area contributed by atoms with Gasteiger partial charge in [-0.25, -0.2) is 0 Å². The summed E-state index contributed by atoms with van der Waals surface area (Å²) in [6, 6.07) is 0. The average molecular weight is 906 g/mol. The SMILES string of the molecule is CC/C=C/C/C=C/C/C=C/C/C=C/C/C=C/CCCCCC(=O)O[C@H](COC(=O)CCCCCCCCCCCCCCCCCCCCCC)COP(=O)([O-])OCC[N+](C)(C)C. The number of allylic oxidation sites excluding steroid dienone is 10. The fourth-order valence-electron chi connectivity index (χ4n) is 6.86. The summed E-state index contributed by atoms with van der Waals surface area (Å²) in [5, 5.41) is 0. The molecule has 0 bridgehead atoms. The molecule has 0 spiro atoms. The molecule has 0 aromatic heterocycles. The van der Waals surface area contributed by atoms with Crippen molar-refractivity contribution in [2.24, 2.45) is 0 Å². The zero-order chi connectivity index (χ0) is 46.4. The molecule has 0 saturated carbocycles. The molecule has 0 rings (SSSR count). The van der Waals surface area contributed by atoms with Gasteiger partial charge in [0.1, 0.15) is 19.8 Å². The highest BCUT2D eigenvalue weighted by Gasteiger charge is 2.21. The van der Waals surface area contributed by atoms with Gasteiger partial charge in [0.2, 0.25) is 0 Å². The lowest BCUT2D eigenvalue weighted by Gasteiger charge is -2.28. The van der Waals surface area contributed by atoms with Gasteiger partial charge in [-0.05, 0) is 57.8 Å². The molecule has 2 atom stereocenters. The Hall–Kier alpha value is -2.29. The molecule has 366 valence electrons. The van der Waals surface area contributed by atoms with Gasteiger partial charge in [-0.3, -0.25) is 14.2 Å². The number of phosphoric ester groups is 1. The van der Waals surface area contributed by atoms with Crippen LogP contribution >= 0.6 is 7.82 Å². The maximum Gasteiger partial charge on any atom is 0.306 e. The van der Waals surface area contributed by atoms with Gasteiger partial charge in [-0.15, -0.1) is 0 Å². The normalized spacial score (nSPS) is 13.9. The van der Waals surface area contributed by atoms with Crippen LogP contribution in [0, 0.1) is 0 Å². The molecule has 0 aliphatic carbocycles. The first-order valence-electron chi connectivity index (χ1n) is 25.5. The van der Waals surface area contributed by atoms with Gasteiger partial charge in [0.05, 0.1) is 27.7 Å². The van der Waals surface area contributed by atoms with Crippen molar-refractivity contribution in [1.82, 2.24) is 0 Å². The van der Waals surface area contributed by atoms with Crippen LogP contribution in [0.4, 0.5) is 0 Å². The highest BCUT2D eigenvalue weighted by Crippen LogP contribution is 2.38. The van der Waals surface area contributed by atoms with Gasteiger partial charge >= 0.3 is 11.9 Å². The molecule has 0 aromatic carbocycles. The molecule has 63 heavy (non-hydrogen) atoms. The maximum atomic E-state index is 12.7. The second-order valence-corrected chi connectivity index (χ2v) is 19.6. The number of unbranched alkanes of at least 4 members (excludes halogenated alkanes) is 22. The Labute approximate surface area is 387 Å². The van der Waals surface area contributed by atoms with Gasteiger partial charge in [0, 0.05) is 12.8 Å². The lowest BCUT2D eigenvalue weighted by molar-refractivity contribution is -0.870. The number of phosphoric acid groups is 1. The number of likely N-dealkylation sites (N-methyl/N-ethyl adjacent to an activating group) is 1. The first-order chi connectivity index (χ1) is 30.5. The minimum Gasteiger partial charge on any atom is -0.756 e. The van der Waals surface area contributed by atoms with Crippen LogP contribution in [-0.2, 0) is 32.7 Å². The summed E-state index contributed by atoms with van der Waals surface area (Å²) in [6.45, 7) is 4.10. The first kappa shape index (κ1) is 60.7. The Kier molecular flexibility index (Phi) is 43.3. The van der Waals surface area contributed by atoms with Crippen molar-refractivity contribution in [3.05, 3.63) is 60.8 Å². The molecule has 10 heteroatoms. The van der Waals surface area contributed by atoms with E-state index in [1.807, 2.05) is 21.1 Å². The molecule has 0 saturated heterocycles. The Morgan fingerprint density at radius 2 is 0.905 bits per heavy atom. The lowest BCUT2D eigenvalue weighted by Crippen LogP contribution is -2.37. The molecule has 0 radical (unpaired) electrons. The van der Waals surface area contributed by atoms with Gasteiger partial charge in [-0.1, -0.05) is 203 Å². The van der Waals surface area contributed by atoms with E-state index >= 15 is 0 Å². The number of quaternary nitrogens is 1. The quantitative estimate of drug-likeness (QED) is 0.0195. The van der Waals surface area contributed by atoms with Crippen molar-refractivity contribution >= 4 is 19.8 Å². The van der Waals surface area contributed by atoms with E-state index in [1.165, 1.54) is 109 Å². The van der Waals surface area contributed by atoms with Crippen molar-refractivity contribution in [2.45, 2.75) is 219 Å². The number of carbonyl (C=O) groups is 2. The number of esters is 2. The second kappa shape index (κ2) is 44.9. The van der Waals surface area contributed by atoms with Crippen LogP contribution in [0.15, 0.2) is 60.8 Å². The Morgan fingerprint density at radius 1 is 0.508 bits per heavy atom. The number of hydrogen-bond acceptors (Lipinski definition) is 8. The largest absolute Gasteiger partial charge is 0.756 e. The molecule has 0 aliphatic rings. The number of ether oxygens (including phenoxy) is 2. The van der Waals surface area contributed by atoms with Crippen molar-refractivity contribution in [2.75, 3.05) is 47.5 Å². The predicted molar refractivity (Wildman–Crippen MR) is 263 cm³/mol. The van der Waals surface area contributed by atoms with Crippen LogP contribution in [0.1, 0.15) is 213 Å². The highest BCUT2D eigenvalue weighted by molar-refractivity contribution is 7.45. The minimum atomic E-state index is -4.64. The molecule has 0 heterocycles. The third kappa shape index (κ3) is 49.0. The van der Waals surface area contributed by atoms with E-state index < -0.39 is 32.5 Å². The minimum absolute atomic E-state index is 0.0389. The summed E-state index contributed by atoms with van der Waals surface area (Å²) >= 11 is 0. The van der Waals surface area contributed by atoms with Crippen molar-refractivity contribution in [1.29, 1.82) is 0 Å². The van der Waals surface area contributed by atoms with Gasteiger partial charge in [0.15, 0.2) is 6.10 Å². The predicted octanol–water partition coefficient (Wildman–Crippen LogP) is 14.6. The van der Waals surface area contributed by atoms with E-state index in [9.17, 15) is 19.0 Å². The van der Waals surface area contributed by atoms with E-state index in [4.69, 9.17) is 18.5 Å². The smallest absolute Gasteiger partial charge is 0.306 e. The second-order valence-electron chi connectivity index (χ2n) is 18.2. The standard InChI is InChI=1S/C53H96NO8P/c1-6-8-10-12-14-16-18-20-22-24-26-28-29-31-33-35-37-39-41-43-45-52(55)59-49-51(50-61-63(57,58)60-48-47-54(3,4)5)62-53(56)46-44-42-40-38-36-34-32-30-27-25-23-21-19-17-15-13-11-9-7-2/h9,11,15,17,21,23,27,30,34,36,51H,6-8,10,12-14,16,18-20,22,24-26,28-29,31-33,35,37-50H2,1-5H3/b11-9+,17-15+,23-21+,30-27+,36-34+/t51-/m1/s1. The van der Waals surface area contributed by atoms with E-state index in [-0.39, 0.29) is 26.1 Å². The molecule has 0 fully saturated rings. The number of rotatable bonds is 46. The summed E-state index contributed by atoms with van der Waals surface area (Å²) in [5.41, 5.74) is 0. The van der Waals surface area contributed by atoms with Gasteiger partial charge in [-0.2, -0.15) is 0 Å². The number of carbonyl (C=O) groups excluding carboxylic acids is 2. The van der Waals surface area contributed by atoms with E-state index in [0.717, 1.165) is 70.6 Å². The van der Waals surface area contributed by atoms with Gasteiger partial charge < -0.3 is 27.9 Å². The van der Waals surface area contributed by atoms with Crippen LogP contribution in [0.5, 0.6) is 0 Å². The summed E-state index contributed by atoms with van der Waals surface area (Å²) in [6.07, 6.45) is 55.4. The summed E-state index contributed by atoms with van der Waals surface area (Å²) in [4.78, 5) is 37.7. The molecule has 0 amide bonds. The average Bonchev–Trinajstić information content (AvgIpc) is 3.24. The highest BCUT2D eigenvalue weighted by atomic mass is 31.2. The van der Waals surface area contributed by atoms with E-state index in [1.54, 1.807) is 0 Å². The summed E-state index contributed by atoms with van der Waals surface area (Å²) in [7, 11) is 1.14. The lowest BCUT2D eigenvalue weighted by atomic mass is 10.0. The third-order valence-corrected chi connectivity index (χ3v) is 11.8. The van der Waals surface area contributed by atoms with Crippen LogP contribution in [0.25, 0.3) is 0 Å². The van der Waals surface area contributed by atoms with Crippen LogP contribution in [-0.4, -0.2) is 70.0 Å².